The van der Waals surface area contributed by atoms with Crippen molar-refractivity contribution in [2.24, 2.45) is 0 Å². The zero-order valence-corrected chi connectivity index (χ0v) is 10.7. The van der Waals surface area contributed by atoms with Gasteiger partial charge >= 0.3 is 6.18 Å². The van der Waals surface area contributed by atoms with Crippen LogP contribution in [0.15, 0.2) is 30.3 Å². The number of alkyl halides is 3. The molecule has 0 bridgehead atoms. The number of aliphatic hydroxyl groups is 1. The van der Waals surface area contributed by atoms with Crippen molar-refractivity contribution in [3.05, 3.63) is 35.9 Å². The molecule has 1 rings (SSSR count). The number of aryl methyl sites for hydroxylation is 1. The number of halogens is 3. The average Bonchev–Trinajstić information content (AvgIpc) is 2.35. The molecule has 0 aliphatic carbocycles. The van der Waals surface area contributed by atoms with Crippen molar-refractivity contribution >= 4 is 0 Å². The summed E-state index contributed by atoms with van der Waals surface area (Å²) in [5.41, 5.74) is 1.20. The SMILES string of the molecule is OC(CCCc1ccccc1)CCOCC(F)(F)F. The van der Waals surface area contributed by atoms with Gasteiger partial charge in [-0.05, 0) is 31.2 Å². The van der Waals surface area contributed by atoms with Crippen molar-refractivity contribution in [1.82, 2.24) is 0 Å². The molecule has 0 radical (unpaired) electrons. The van der Waals surface area contributed by atoms with E-state index in [2.05, 4.69) is 4.74 Å². The first-order valence-electron chi connectivity index (χ1n) is 6.34. The van der Waals surface area contributed by atoms with Crippen LogP contribution in [-0.4, -0.2) is 30.6 Å². The van der Waals surface area contributed by atoms with E-state index in [9.17, 15) is 18.3 Å². The first-order chi connectivity index (χ1) is 8.97. The van der Waals surface area contributed by atoms with Crippen molar-refractivity contribution in [3.8, 4) is 0 Å². The second kappa shape index (κ2) is 8.17. The maximum Gasteiger partial charge on any atom is 0.411 e. The lowest BCUT2D eigenvalue weighted by atomic mass is 10.0. The van der Waals surface area contributed by atoms with Gasteiger partial charge in [0.1, 0.15) is 6.61 Å². The zero-order valence-electron chi connectivity index (χ0n) is 10.7. The highest BCUT2D eigenvalue weighted by Gasteiger charge is 2.27. The van der Waals surface area contributed by atoms with Crippen molar-refractivity contribution in [2.45, 2.75) is 38.0 Å². The molecule has 0 spiro atoms. The van der Waals surface area contributed by atoms with Crippen LogP contribution in [0.5, 0.6) is 0 Å². The van der Waals surface area contributed by atoms with Gasteiger partial charge in [-0.1, -0.05) is 30.3 Å². The molecule has 5 heteroatoms. The van der Waals surface area contributed by atoms with Gasteiger partial charge in [0.05, 0.1) is 6.10 Å². The van der Waals surface area contributed by atoms with Crippen molar-refractivity contribution in [2.75, 3.05) is 13.2 Å². The van der Waals surface area contributed by atoms with Gasteiger partial charge in [0.2, 0.25) is 0 Å². The van der Waals surface area contributed by atoms with Crippen LogP contribution in [0, 0.1) is 0 Å². The Balaban J connectivity index is 2.04. The van der Waals surface area contributed by atoms with Gasteiger partial charge in [-0.15, -0.1) is 0 Å². The Bertz CT molecular complexity index is 338. The molecule has 1 atom stereocenters. The summed E-state index contributed by atoms with van der Waals surface area (Å²) < 4.78 is 39.8. The minimum atomic E-state index is -4.29. The predicted molar refractivity (Wildman–Crippen MR) is 66.9 cm³/mol. The predicted octanol–water partition coefficient (Wildman–Crippen LogP) is 3.34. The highest BCUT2D eigenvalue weighted by atomic mass is 19.4. The molecule has 1 aromatic rings. The van der Waals surface area contributed by atoms with Crippen molar-refractivity contribution < 1.29 is 23.0 Å². The Morgan fingerprint density at radius 1 is 1.11 bits per heavy atom. The van der Waals surface area contributed by atoms with E-state index < -0.39 is 18.9 Å². The minimum absolute atomic E-state index is 0.0635. The van der Waals surface area contributed by atoms with Crippen LogP contribution in [0.1, 0.15) is 24.8 Å². The molecule has 0 saturated heterocycles. The molecule has 2 nitrogen and oxygen atoms in total. The fourth-order valence-electron chi connectivity index (χ4n) is 1.74. The summed E-state index contributed by atoms with van der Waals surface area (Å²) in [6.07, 6.45) is -2.41. The second-order valence-electron chi connectivity index (χ2n) is 4.49. The largest absolute Gasteiger partial charge is 0.411 e. The fraction of sp³-hybridized carbons (Fsp3) is 0.571. The summed E-state index contributed by atoms with van der Waals surface area (Å²) in [7, 11) is 0. The summed E-state index contributed by atoms with van der Waals surface area (Å²) in [6, 6.07) is 9.88. The maximum atomic E-state index is 11.8. The minimum Gasteiger partial charge on any atom is -0.393 e. The smallest absolute Gasteiger partial charge is 0.393 e. The van der Waals surface area contributed by atoms with Gasteiger partial charge in [-0.3, -0.25) is 0 Å². The molecule has 1 aromatic carbocycles. The van der Waals surface area contributed by atoms with Crippen LogP contribution < -0.4 is 0 Å². The zero-order chi connectivity index (χ0) is 14.1. The van der Waals surface area contributed by atoms with Crippen LogP contribution in [-0.2, 0) is 11.2 Å². The summed E-state index contributed by atoms with van der Waals surface area (Å²) in [6.45, 7) is -1.31. The maximum absolute atomic E-state index is 11.8. The molecular weight excluding hydrogens is 257 g/mol. The molecule has 0 saturated carbocycles. The molecular formula is C14H19F3O2. The van der Waals surface area contributed by atoms with E-state index in [1.807, 2.05) is 30.3 Å². The monoisotopic (exact) mass is 276 g/mol. The van der Waals surface area contributed by atoms with Crippen LogP contribution in [0.4, 0.5) is 13.2 Å². The van der Waals surface area contributed by atoms with E-state index in [1.54, 1.807) is 0 Å². The van der Waals surface area contributed by atoms with Crippen LogP contribution in [0.25, 0.3) is 0 Å². The van der Waals surface area contributed by atoms with Crippen LogP contribution in [0.3, 0.4) is 0 Å². The second-order valence-corrected chi connectivity index (χ2v) is 4.49. The Labute approximate surface area is 111 Å². The molecule has 0 amide bonds. The number of benzene rings is 1. The van der Waals surface area contributed by atoms with E-state index in [-0.39, 0.29) is 13.0 Å². The van der Waals surface area contributed by atoms with E-state index in [4.69, 9.17) is 0 Å². The Morgan fingerprint density at radius 3 is 2.42 bits per heavy atom. The Morgan fingerprint density at radius 2 is 1.79 bits per heavy atom. The first-order valence-corrected chi connectivity index (χ1v) is 6.34. The molecule has 108 valence electrons. The van der Waals surface area contributed by atoms with Gasteiger partial charge in [-0.25, -0.2) is 0 Å². The molecule has 0 aliphatic heterocycles. The number of rotatable bonds is 8. The molecule has 1 unspecified atom stereocenters. The third-order valence-electron chi connectivity index (χ3n) is 2.71. The van der Waals surface area contributed by atoms with Crippen LogP contribution in [0.2, 0.25) is 0 Å². The number of ether oxygens (including phenoxy) is 1. The van der Waals surface area contributed by atoms with E-state index >= 15 is 0 Å². The number of aliphatic hydroxyl groups excluding tert-OH is 1. The van der Waals surface area contributed by atoms with E-state index in [1.165, 1.54) is 5.56 Å². The van der Waals surface area contributed by atoms with E-state index in [0.717, 1.165) is 12.8 Å². The topological polar surface area (TPSA) is 29.5 Å². The quantitative estimate of drug-likeness (QED) is 0.738. The van der Waals surface area contributed by atoms with Gasteiger partial charge < -0.3 is 9.84 Å². The third-order valence-corrected chi connectivity index (χ3v) is 2.71. The van der Waals surface area contributed by atoms with Gasteiger partial charge in [0.25, 0.3) is 0 Å². The van der Waals surface area contributed by atoms with Gasteiger partial charge in [0, 0.05) is 6.61 Å². The Hall–Kier alpha value is -1.07. The lowest BCUT2D eigenvalue weighted by Gasteiger charge is -2.12. The van der Waals surface area contributed by atoms with E-state index in [0.29, 0.717) is 6.42 Å². The summed E-state index contributed by atoms with van der Waals surface area (Å²) in [4.78, 5) is 0. The lowest BCUT2D eigenvalue weighted by molar-refractivity contribution is -0.175. The molecule has 0 heterocycles. The molecule has 0 fully saturated rings. The normalized spacial score (nSPS) is 13.5. The highest BCUT2D eigenvalue weighted by molar-refractivity contribution is 5.14. The Kier molecular flexibility index (Phi) is 6.87. The molecule has 1 N–H and O–H groups in total. The van der Waals surface area contributed by atoms with Gasteiger partial charge in [0.15, 0.2) is 0 Å². The first kappa shape index (κ1) is 16.0. The molecule has 0 aliphatic rings. The van der Waals surface area contributed by atoms with Gasteiger partial charge in [-0.2, -0.15) is 13.2 Å². The third kappa shape index (κ3) is 8.61. The fourth-order valence-corrected chi connectivity index (χ4v) is 1.74. The summed E-state index contributed by atoms with van der Waals surface area (Å²) >= 11 is 0. The standard InChI is InChI=1S/C14H19F3O2/c15-14(16,17)11-19-10-9-13(18)8-4-7-12-5-2-1-3-6-12/h1-3,5-6,13,18H,4,7-11H2. The number of hydrogen-bond acceptors (Lipinski definition) is 2. The summed E-state index contributed by atoms with van der Waals surface area (Å²) in [5.74, 6) is 0. The summed E-state index contributed by atoms with van der Waals surface area (Å²) in [5, 5.41) is 9.60. The van der Waals surface area contributed by atoms with Crippen LogP contribution >= 0.6 is 0 Å². The average molecular weight is 276 g/mol. The van der Waals surface area contributed by atoms with Crippen molar-refractivity contribution in [3.63, 3.8) is 0 Å². The molecule has 0 aromatic heterocycles. The molecule has 19 heavy (non-hydrogen) atoms. The van der Waals surface area contributed by atoms with Crippen molar-refractivity contribution in [1.29, 1.82) is 0 Å². The lowest BCUT2D eigenvalue weighted by Crippen LogP contribution is -2.19. The number of hydrogen-bond donors (Lipinski definition) is 1. The highest BCUT2D eigenvalue weighted by Crippen LogP contribution is 2.15.